The lowest BCUT2D eigenvalue weighted by Gasteiger charge is -2.21. The topological polar surface area (TPSA) is 67.4 Å². The number of aliphatic imine (C=N–C) groups is 1. The molecule has 0 aliphatic rings. The van der Waals surface area contributed by atoms with Gasteiger partial charge in [-0.25, -0.2) is 4.99 Å². The molecular weight excluding hydrogens is 495 g/mol. The highest BCUT2D eigenvalue weighted by Gasteiger charge is 2.13. The van der Waals surface area contributed by atoms with E-state index in [1.807, 2.05) is 12.1 Å². The summed E-state index contributed by atoms with van der Waals surface area (Å²) in [5.41, 5.74) is 0.994. The predicted molar refractivity (Wildman–Crippen MR) is 136 cm³/mol. The molecule has 0 bridgehead atoms. The van der Waals surface area contributed by atoms with Crippen LogP contribution < -0.4 is 24.8 Å². The molecule has 0 aliphatic carbocycles. The highest BCUT2D eigenvalue weighted by atomic mass is 127. The van der Waals surface area contributed by atoms with Gasteiger partial charge in [-0.3, -0.25) is 0 Å². The summed E-state index contributed by atoms with van der Waals surface area (Å²) in [5, 5.41) is 6.74. The van der Waals surface area contributed by atoms with Crippen molar-refractivity contribution in [2.45, 2.75) is 46.6 Å². The van der Waals surface area contributed by atoms with Gasteiger partial charge < -0.3 is 29.7 Å². The molecule has 174 valence electrons. The van der Waals surface area contributed by atoms with Crippen LogP contribution in [-0.4, -0.2) is 64.9 Å². The summed E-state index contributed by atoms with van der Waals surface area (Å²) in [6.07, 6.45) is 3.49. The molecule has 0 aromatic heterocycles. The minimum Gasteiger partial charge on any atom is -0.493 e. The summed E-state index contributed by atoms with van der Waals surface area (Å²) in [6.45, 7) is 12.2. The Balaban J connectivity index is 0.00000841. The van der Waals surface area contributed by atoms with Gasteiger partial charge in [-0.2, -0.15) is 0 Å². The van der Waals surface area contributed by atoms with Crippen LogP contribution in [0.2, 0.25) is 0 Å². The molecule has 0 amide bonds. The number of nitrogens with zero attached hydrogens (tertiary/aromatic N) is 2. The molecule has 0 atom stereocenters. The molecule has 0 saturated carbocycles. The van der Waals surface area contributed by atoms with Crippen molar-refractivity contribution >= 4 is 29.9 Å². The molecule has 2 N–H and O–H groups in total. The Bertz CT molecular complexity index is 583. The number of guanidine groups is 1. The third-order valence-electron chi connectivity index (χ3n) is 4.51. The molecule has 8 heteroatoms. The maximum absolute atomic E-state index is 5.43. The summed E-state index contributed by atoms with van der Waals surface area (Å²) in [5.74, 6) is 2.69. The molecule has 0 fully saturated rings. The summed E-state index contributed by atoms with van der Waals surface area (Å²) < 4.78 is 16.2. The Morgan fingerprint density at radius 1 is 0.900 bits per heavy atom. The van der Waals surface area contributed by atoms with E-state index in [-0.39, 0.29) is 24.0 Å². The first-order valence-corrected chi connectivity index (χ1v) is 10.7. The van der Waals surface area contributed by atoms with Crippen molar-refractivity contribution in [3.05, 3.63) is 17.7 Å². The maximum atomic E-state index is 5.43. The van der Waals surface area contributed by atoms with Gasteiger partial charge in [-0.05, 0) is 63.5 Å². The van der Waals surface area contributed by atoms with Gasteiger partial charge in [0.1, 0.15) is 0 Å². The Morgan fingerprint density at radius 3 is 1.97 bits per heavy atom. The van der Waals surface area contributed by atoms with E-state index in [1.54, 1.807) is 21.3 Å². The van der Waals surface area contributed by atoms with Gasteiger partial charge in [0, 0.05) is 13.1 Å². The molecule has 30 heavy (non-hydrogen) atoms. The molecule has 0 spiro atoms. The van der Waals surface area contributed by atoms with Crippen molar-refractivity contribution in [1.82, 2.24) is 15.5 Å². The van der Waals surface area contributed by atoms with Crippen molar-refractivity contribution in [2.24, 2.45) is 4.99 Å². The lowest BCUT2D eigenvalue weighted by atomic mass is 10.2. The van der Waals surface area contributed by atoms with Crippen LogP contribution in [0.25, 0.3) is 0 Å². The van der Waals surface area contributed by atoms with Crippen LogP contribution in [0.15, 0.2) is 17.1 Å². The van der Waals surface area contributed by atoms with Crippen LogP contribution >= 0.6 is 24.0 Å². The lowest BCUT2D eigenvalue weighted by molar-refractivity contribution is 0.271. The molecule has 1 aromatic carbocycles. The third kappa shape index (κ3) is 10.1. The van der Waals surface area contributed by atoms with E-state index in [0.717, 1.165) is 37.6 Å². The molecule has 7 nitrogen and oxygen atoms in total. The largest absolute Gasteiger partial charge is 0.493 e. The van der Waals surface area contributed by atoms with Gasteiger partial charge in [0.25, 0.3) is 0 Å². The minimum absolute atomic E-state index is 0. The number of ether oxygens (including phenoxy) is 3. The second-order valence-electron chi connectivity index (χ2n) is 6.85. The number of rotatable bonds is 14. The van der Waals surface area contributed by atoms with Gasteiger partial charge in [0.2, 0.25) is 5.75 Å². The van der Waals surface area contributed by atoms with E-state index in [0.29, 0.717) is 23.8 Å². The van der Waals surface area contributed by atoms with Crippen molar-refractivity contribution in [3.8, 4) is 17.2 Å². The number of methoxy groups -OCH3 is 3. The standard InChI is InChI=1S/C22H40N4O3.HI/c1-7-12-26(13-8-2)14-10-11-24-22(23-9-3)25-17-18-15-19(27-4)21(29-6)20(16-18)28-5;/h15-16H,7-14,17H2,1-6H3,(H2,23,24,25);1H. The maximum Gasteiger partial charge on any atom is 0.203 e. The normalized spacial score (nSPS) is 11.1. The van der Waals surface area contributed by atoms with Gasteiger partial charge in [-0.15, -0.1) is 24.0 Å². The summed E-state index contributed by atoms with van der Waals surface area (Å²) >= 11 is 0. The van der Waals surface area contributed by atoms with Gasteiger partial charge in [0.05, 0.1) is 27.9 Å². The van der Waals surface area contributed by atoms with E-state index in [2.05, 4.69) is 36.3 Å². The molecule has 0 aliphatic heterocycles. The molecule has 0 unspecified atom stereocenters. The van der Waals surface area contributed by atoms with Crippen LogP contribution in [0.4, 0.5) is 0 Å². The Hall–Kier alpha value is -1.42. The average Bonchev–Trinajstić information content (AvgIpc) is 2.74. The van der Waals surface area contributed by atoms with Gasteiger partial charge in [-0.1, -0.05) is 13.8 Å². The van der Waals surface area contributed by atoms with Crippen molar-refractivity contribution in [1.29, 1.82) is 0 Å². The summed E-state index contributed by atoms with van der Waals surface area (Å²) in [6, 6.07) is 3.86. The molecule has 1 rings (SSSR count). The Morgan fingerprint density at radius 2 is 1.50 bits per heavy atom. The lowest BCUT2D eigenvalue weighted by Crippen LogP contribution is -2.39. The second-order valence-corrected chi connectivity index (χ2v) is 6.85. The summed E-state index contributed by atoms with van der Waals surface area (Å²) in [4.78, 5) is 7.24. The zero-order valence-corrected chi connectivity index (χ0v) is 21.9. The van der Waals surface area contributed by atoms with E-state index in [9.17, 15) is 0 Å². The zero-order chi connectivity index (χ0) is 21.5. The number of benzene rings is 1. The molecule has 1 aromatic rings. The van der Waals surface area contributed by atoms with Crippen molar-refractivity contribution in [3.63, 3.8) is 0 Å². The fourth-order valence-corrected chi connectivity index (χ4v) is 3.22. The number of halogens is 1. The van der Waals surface area contributed by atoms with Crippen molar-refractivity contribution in [2.75, 3.05) is 54.1 Å². The highest BCUT2D eigenvalue weighted by Crippen LogP contribution is 2.38. The monoisotopic (exact) mass is 536 g/mol. The molecular formula is C22H41IN4O3. The first-order chi connectivity index (χ1) is 14.1. The predicted octanol–water partition coefficient (Wildman–Crippen LogP) is 3.90. The number of nitrogens with one attached hydrogen (secondary N) is 2. The van der Waals surface area contributed by atoms with E-state index in [1.165, 1.54) is 25.9 Å². The number of hydrogen-bond acceptors (Lipinski definition) is 5. The summed E-state index contributed by atoms with van der Waals surface area (Å²) in [7, 11) is 4.85. The Labute approximate surface area is 200 Å². The smallest absolute Gasteiger partial charge is 0.203 e. The highest BCUT2D eigenvalue weighted by molar-refractivity contribution is 14.0. The Kier molecular flexibility index (Phi) is 16.5. The van der Waals surface area contributed by atoms with Crippen LogP contribution in [-0.2, 0) is 6.54 Å². The van der Waals surface area contributed by atoms with Gasteiger partial charge >= 0.3 is 0 Å². The molecule has 0 saturated heterocycles. The zero-order valence-electron chi connectivity index (χ0n) is 19.5. The van der Waals surface area contributed by atoms with Gasteiger partial charge in [0.15, 0.2) is 17.5 Å². The van der Waals surface area contributed by atoms with E-state index >= 15 is 0 Å². The van der Waals surface area contributed by atoms with Crippen LogP contribution in [0, 0.1) is 0 Å². The average molecular weight is 536 g/mol. The number of hydrogen-bond donors (Lipinski definition) is 2. The fourth-order valence-electron chi connectivity index (χ4n) is 3.22. The van der Waals surface area contributed by atoms with E-state index < -0.39 is 0 Å². The van der Waals surface area contributed by atoms with Crippen LogP contribution in [0.5, 0.6) is 17.2 Å². The minimum atomic E-state index is 0. The molecule has 0 radical (unpaired) electrons. The van der Waals surface area contributed by atoms with Crippen LogP contribution in [0.1, 0.15) is 45.6 Å². The SMILES string of the molecule is CCCN(CCC)CCCNC(=NCc1cc(OC)c(OC)c(OC)c1)NCC.I. The third-order valence-corrected chi connectivity index (χ3v) is 4.51. The quantitative estimate of drug-likeness (QED) is 0.163. The van der Waals surface area contributed by atoms with Crippen LogP contribution in [0.3, 0.4) is 0 Å². The second kappa shape index (κ2) is 17.3. The first-order valence-electron chi connectivity index (χ1n) is 10.7. The molecule has 0 heterocycles. The van der Waals surface area contributed by atoms with E-state index in [4.69, 9.17) is 19.2 Å². The first kappa shape index (κ1) is 28.6. The van der Waals surface area contributed by atoms with Crippen molar-refractivity contribution < 1.29 is 14.2 Å². The fraction of sp³-hybridized carbons (Fsp3) is 0.682.